The van der Waals surface area contributed by atoms with Crippen molar-refractivity contribution in [3.05, 3.63) is 29.8 Å². The Labute approximate surface area is 166 Å². The number of hydrogen-bond acceptors (Lipinski definition) is 4. The van der Waals surface area contributed by atoms with Crippen molar-refractivity contribution in [1.82, 2.24) is 5.32 Å². The van der Waals surface area contributed by atoms with Crippen molar-refractivity contribution in [1.29, 1.82) is 0 Å². The quantitative estimate of drug-likeness (QED) is 0.731. The number of ether oxygens (including phenoxy) is 1. The summed E-state index contributed by atoms with van der Waals surface area (Å²) in [5.74, 6) is -0.248. The van der Waals surface area contributed by atoms with Crippen molar-refractivity contribution in [3.63, 3.8) is 0 Å². The van der Waals surface area contributed by atoms with E-state index in [2.05, 4.69) is 10.6 Å². The van der Waals surface area contributed by atoms with Gasteiger partial charge in [0.2, 0.25) is 11.8 Å². The van der Waals surface area contributed by atoms with Crippen LogP contribution in [0.5, 0.6) is 0 Å². The molecule has 0 unspecified atom stereocenters. The van der Waals surface area contributed by atoms with Gasteiger partial charge < -0.3 is 15.4 Å². The first kappa shape index (κ1) is 20.4. The summed E-state index contributed by atoms with van der Waals surface area (Å²) >= 11 is 0. The van der Waals surface area contributed by atoms with Crippen LogP contribution in [0.4, 0.5) is 5.69 Å². The highest BCUT2D eigenvalue weighted by atomic mass is 16.5. The molecule has 28 heavy (non-hydrogen) atoms. The third kappa shape index (κ3) is 5.33. The largest absolute Gasteiger partial charge is 0.462 e. The zero-order chi connectivity index (χ0) is 19.9. The summed E-state index contributed by atoms with van der Waals surface area (Å²) < 4.78 is 4.96. The molecule has 2 amide bonds. The third-order valence-corrected chi connectivity index (χ3v) is 5.83. The van der Waals surface area contributed by atoms with Gasteiger partial charge in [-0.1, -0.05) is 12.8 Å². The van der Waals surface area contributed by atoms with Gasteiger partial charge in [-0.3, -0.25) is 9.59 Å². The molecule has 2 saturated carbocycles. The van der Waals surface area contributed by atoms with Crippen LogP contribution < -0.4 is 10.6 Å². The fourth-order valence-electron chi connectivity index (χ4n) is 4.16. The number of carbonyl (C=O) groups is 3. The van der Waals surface area contributed by atoms with Gasteiger partial charge in [0.15, 0.2) is 0 Å². The molecular weight excluding hydrogens is 356 g/mol. The lowest BCUT2D eigenvalue weighted by atomic mass is 9.81. The van der Waals surface area contributed by atoms with Crippen LogP contribution in [0.1, 0.15) is 68.6 Å². The van der Waals surface area contributed by atoms with Crippen LogP contribution in [-0.4, -0.2) is 30.4 Å². The molecule has 2 aliphatic carbocycles. The van der Waals surface area contributed by atoms with E-state index in [4.69, 9.17) is 4.74 Å². The number of esters is 1. The normalized spacial score (nSPS) is 22.5. The number of amides is 2. The van der Waals surface area contributed by atoms with E-state index >= 15 is 0 Å². The van der Waals surface area contributed by atoms with Crippen LogP contribution in [-0.2, 0) is 14.3 Å². The second kappa shape index (κ2) is 9.71. The van der Waals surface area contributed by atoms with Crippen molar-refractivity contribution >= 4 is 23.5 Å². The van der Waals surface area contributed by atoms with Gasteiger partial charge in [-0.2, -0.15) is 0 Å². The Morgan fingerprint density at radius 2 is 1.46 bits per heavy atom. The minimum atomic E-state index is -0.366. The molecule has 0 radical (unpaired) electrons. The molecule has 2 aliphatic rings. The minimum absolute atomic E-state index is 0.0152. The van der Waals surface area contributed by atoms with E-state index in [0.29, 0.717) is 23.9 Å². The average Bonchev–Trinajstić information content (AvgIpc) is 3.22. The maximum atomic E-state index is 12.5. The van der Waals surface area contributed by atoms with Gasteiger partial charge in [-0.15, -0.1) is 0 Å². The van der Waals surface area contributed by atoms with Gasteiger partial charge in [-0.25, -0.2) is 4.79 Å². The van der Waals surface area contributed by atoms with Crippen molar-refractivity contribution in [3.8, 4) is 0 Å². The fourth-order valence-corrected chi connectivity index (χ4v) is 4.16. The molecule has 2 N–H and O–H groups in total. The molecular formula is C22H30N2O4. The highest BCUT2D eigenvalue weighted by Gasteiger charge is 2.31. The van der Waals surface area contributed by atoms with Gasteiger partial charge >= 0.3 is 5.97 Å². The first-order chi connectivity index (χ1) is 13.6. The third-order valence-electron chi connectivity index (χ3n) is 5.83. The number of anilines is 1. The Balaban J connectivity index is 1.44. The van der Waals surface area contributed by atoms with E-state index in [9.17, 15) is 14.4 Å². The van der Waals surface area contributed by atoms with E-state index in [0.717, 1.165) is 38.5 Å². The smallest absolute Gasteiger partial charge is 0.338 e. The van der Waals surface area contributed by atoms with E-state index in [1.54, 1.807) is 31.2 Å². The molecule has 0 aliphatic heterocycles. The zero-order valence-corrected chi connectivity index (χ0v) is 16.5. The molecule has 3 rings (SSSR count). The van der Waals surface area contributed by atoms with Crippen molar-refractivity contribution in [2.24, 2.45) is 11.8 Å². The molecule has 0 spiro atoms. The number of nitrogens with one attached hydrogen (secondary N) is 2. The summed E-state index contributed by atoms with van der Waals surface area (Å²) in [6, 6.07) is 7.08. The van der Waals surface area contributed by atoms with E-state index in [1.807, 2.05) is 0 Å². The molecule has 1 aromatic carbocycles. The summed E-state index contributed by atoms with van der Waals surface area (Å²) in [5.41, 5.74) is 1.13. The Hall–Kier alpha value is -2.37. The first-order valence-electron chi connectivity index (χ1n) is 10.4. The SMILES string of the molecule is CCOC(=O)c1ccc(NC(=O)C2CCC(C(=O)NC3CCCC3)CC2)cc1. The molecule has 0 heterocycles. The molecule has 6 heteroatoms. The maximum Gasteiger partial charge on any atom is 0.338 e. The lowest BCUT2D eigenvalue weighted by molar-refractivity contribution is -0.129. The fraction of sp³-hybridized carbons (Fsp3) is 0.591. The predicted molar refractivity (Wildman–Crippen MR) is 107 cm³/mol. The molecule has 1 aromatic rings. The Morgan fingerprint density at radius 3 is 2.04 bits per heavy atom. The van der Waals surface area contributed by atoms with Gasteiger partial charge in [0.05, 0.1) is 12.2 Å². The summed E-state index contributed by atoms with van der Waals surface area (Å²) in [6.07, 6.45) is 7.59. The lowest BCUT2D eigenvalue weighted by Crippen LogP contribution is -2.39. The molecule has 0 atom stereocenters. The Kier molecular flexibility index (Phi) is 7.06. The number of carbonyl (C=O) groups excluding carboxylic acids is 3. The number of rotatable bonds is 6. The topological polar surface area (TPSA) is 84.5 Å². The Morgan fingerprint density at radius 1 is 0.893 bits per heavy atom. The highest BCUT2D eigenvalue weighted by Crippen LogP contribution is 2.30. The van der Waals surface area contributed by atoms with Crippen LogP contribution in [0.3, 0.4) is 0 Å². The molecule has 0 bridgehead atoms. The average molecular weight is 386 g/mol. The second-order valence-electron chi connectivity index (χ2n) is 7.83. The zero-order valence-electron chi connectivity index (χ0n) is 16.5. The van der Waals surface area contributed by atoms with E-state index < -0.39 is 0 Å². The van der Waals surface area contributed by atoms with Crippen LogP contribution in [0.15, 0.2) is 24.3 Å². The summed E-state index contributed by atoms with van der Waals surface area (Å²) in [5, 5.41) is 6.10. The molecule has 6 nitrogen and oxygen atoms in total. The molecule has 2 fully saturated rings. The molecule has 152 valence electrons. The monoisotopic (exact) mass is 386 g/mol. The summed E-state index contributed by atoms with van der Waals surface area (Å²) in [7, 11) is 0. The van der Waals surface area contributed by atoms with Crippen molar-refractivity contribution in [2.75, 3.05) is 11.9 Å². The van der Waals surface area contributed by atoms with E-state index in [1.165, 1.54) is 12.8 Å². The van der Waals surface area contributed by atoms with Crippen LogP contribution in [0.25, 0.3) is 0 Å². The summed E-state index contributed by atoms with van der Waals surface area (Å²) in [4.78, 5) is 36.6. The van der Waals surface area contributed by atoms with Crippen LogP contribution in [0, 0.1) is 11.8 Å². The van der Waals surface area contributed by atoms with Gasteiger partial charge in [-0.05, 0) is 69.7 Å². The van der Waals surface area contributed by atoms with Crippen molar-refractivity contribution < 1.29 is 19.1 Å². The van der Waals surface area contributed by atoms with Gasteiger partial charge in [0, 0.05) is 23.6 Å². The van der Waals surface area contributed by atoms with Crippen molar-refractivity contribution in [2.45, 2.75) is 64.3 Å². The molecule has 0 aromatic heterocycles. The van der Waals surface area contributed by atoms with Gasteiger partial charge in [0.1, 0.15) is 0 Å². The predicted octanol–water partition coefficient (Wildman–Crippen LogP) is 3.67. The lowest BCUT2D eigenvalue weighted by Gasteiger charge is -2.28. The van der Waals surface area contributed by atoms with Gasteiger partial charge in [0.25, 0.3) is 0 Å². The number of benzene rings is 1. The Bertz CT molecular complexity index is 687. The minimum Gasteiger partial charge on any atom is -0.462 e. The molecule has 0 saturated heterocycles. The highest BCUT2D eigenvalue weighted by molar-refractivity contribution is 5.94. The first-order valence-corrected chi connectivity index (χ1v) is 10.4. The van der Waals surface area contributed by atoms with E-state index in [-0.39, 0.29) is 29.6 Å². The standard InChI is InChI=1S/C22H30N2O4/c1-2-28-22(27)17-11-13-19(14-12-17)24-21(26)16-9-7-15(8-10-16)20(25)23-18-5-3-4-6-18/h11-16,18H,2-10H2,1H3,(H,23,25)(H,24,26). The maximum absolute atomic E-state index is 12.5. The number of hydrogen-bond donors (Lipinski definition) is 2. The second-order valence-corrected chi connectivity index (χ2v) is 7.83. The summed E-state index contributed by atoms with van der Waals surface area (Å²) in [6.45, 7) is 2.10. The van der Waals surface area contributed by atoms with Crippen LogP contribution in [0.2, 0.25) is 0 Å². The van der Waals surface area contributed by atoms with Crippen LogP contribution >= 0.6 is 0 Å².